The lowest BCUT2D eigenvalue weighted by Gasteiger charge is -2.19. The lowest BCUT2D eigenvalue weighted by atomic mass is 10.1. The smallest absolute Gasteiger partial charge is 0.407 e. The number of ether oxygens (including phenoxy) is 9. The van der Waals surface area contributed by atoms with Crippen molar-refractivity contribution in [1.82, 2.24) is 26.0 Å². The Morgan fingerprint density at radius 3 is 1.36 bits per heavy atom. The molecule has 1 heterocycles. The van der Waals surface area contributed by atoms with Crippen LogP contribution in [0, 0.1) is 11.3 Å². The molecule has 21 heteroatoms. The minimum absolute atomic E-state index is 0.206. The minimum Gasteiger partial charge on any atom is -0.496 e. The van der Waals surface area contributed by atoms with Crippen molar-refractivity contribution in [3.63, 3.8) is 0 Å². The number of rotatable bonds is 24. The van der Waals surface area contributed by atoms with Crippen molar-refractivity contribution >= 4 is 29.8 Å². The van der Waals surface area contributed by atoms with Crippen molar-refractivity contribution in [2.75, 3.05) is 74.9 Å². The maximum atomic E-state index is 12.5. The van der Waals surface area contributed by atoms with Crippen molar-refractivity contribution in [1.29, 1.82) is 5.26 Å². The van der Waals surface area contributed by atoms with Crippen LogP contribution in [-0.2, 0) is 14.2 Å². The molecule has 3 N–H and O–H groups in total. The normalized spacial score (nSPS) is 10.9. The van der Waals surface area contributed by atoms with Crippen molar-refractivity contribution in [3.8, 4) is 51.9 Å². The third-order valence-electron chi connectivity index (χ3n) is 9.34. The van der Waals surface area contributed by atoms with Crippen molar-refractivity contribution < 1.29 is 71.1 Å². The Morgan fingerprint density at radius 1 is 0.584 bits per heavy atom. The number of nitriles is 1. The van der Waals surface area contributed by atoms with E-state index < -0.39 is 35.1 Å². The van der Waals surface area contributed by atoms with E-state index in [0.29, 0.717) is 103 Å². The van der Waals surface area contributed by atoms with E-state index in [0.717, 1.165) is 0 Å². The van der Waals surface area contributed by atoms with Gasteiger partial charge in [-0.05, 0) is 118 Å². The lowest BCUT2D eigenvalue weighted by Crippen LogP contribution is -2.33. The van der Waals surface area contributed by atoms with Gasteiger partial charge < -0.3 is 68.0 Å². The van der Waals surface area contributed by atoms with E-state index in [1.165, 1.54) is 20.3 Å². The molecule has 0 atom stereocenters. The third-order valence-corrected chi connectivity index (χ3v) is 9.34. The van der Waals surface area contributed by atoms with Crippen molar-refractivity contribution in [2.24, 2.45) is 0 Å². The number of nitrogens with zero attached hydrogens (tertiary/aromatic N) is 3. The zero-order valence-corrected chi connectivity index (χ0v) is 47.0. The van der Waals surface area contributed by atoms with E-state index in [4.69, 9.17) is 52.4 Å². The van der Waals surface area contributed by atoms with Crippen LogP contribution in [0.1, 0.15) is 109 Å². The molecule has 21 nitrogen and oxygen atoms in total. The molecule has 0 saturated heterocycles. The highest BCUT2D eigenvalue weighted by molar-refractivity contribution is 6.08. The molecule has 0 aliphatic carbocycles. The molecule has 0 aliphatic heterocycles. The number of aromatic nitrogens is 1. The fraction of sp³-hybridized carbons (Fsp3) is 0.482. The number of carbonyl (C=O) groups is 5. The predicted molar refractivity (Wildman–Crippen MR) is 289 cm³/mol. The summed E-state index contributed by atoms with van der Waals surface area (Å²) in [7, 11) is 8.22. The highest BCUT2D eigenvalue weighted by Gasteiger charge is 2.22. The van der Waals surface area contributed by atoms with Crippen LogP contribution < -0.4 is 44.4 Å². The first-order valence-electron chi connectivity index (χ1n) is 24.8. The van der Waals surface area contributed by atoms with Crippen molar-refractivity contribution in [2.45, 2.75) is 105 Å². The van der Waals surface area contributed by atoms with Gasteiger partial charge in [0.15, 0.2) is 17.3 Å². The summed E-state index contributed by atoms with van der Waals surface area (Å²) in [5.74, 6) is 2.90. The third kappa shape index (κ3) is 26.3. The molecule has 0 spiro atoms. The molecule has 0 bridgehead atoms. The SMILES string of the molecule is COc1cccc(OCCCNC(=O)OC(C)(C)C)c1-c1ccno1.COc1cccc(OCCCNC(=O)OC(C)(C)C)c1C(=O)/C=C/N(C)C.COc1cccc(OCCCNC(=O)OC(C)(C)C)c1C(=O)CC#N. The van der Waals surface area contributed by atoms with Crippen LogP contribution in [0.3, 0.4) is 0 Å². The predicted octanol–water partition coefficient (Wildman–Crippen LogP) is 9.98. The number of hydrogen-bond acceptors (Lipinski definition) is 18. The van der Waals surface area contributed by atoms with E-state index in [-0.39, 0.29) is 30.2 Å². The summed E-state index contributed by atoms with van der Waals surface area (Å²) in [5.41, 5.74) is -0.242. The lowest BCUT2D eigenvalue weighted by molar-refractivity contribution is 0.0513. The summed E-state index contributed by atoms with van der Waals surface area (Å²) in [6.07, 6.45) is 4.79. The quantitative estimate of drug-likeness (QED) is 0.0255. The second-order valence-corrected chi connectivity index (χ2v) is 19.7. The number of ketones is 2. The maximum Gasteiger partial charge on any atom is 0.407 e. The number of nitrogens with one attached hydrogen (secondary N) is 3. The molecule has 4 rings (SSSR count). The number of allylic oxidation sites excluding steroid dienone is 1. The molecule has 3 amide bonds. The second-order valence-electron chi connectivity index (χ2n) is 19.7. The number of benzene rings is 3. The first-order valence-corrected chi connectivity index (χ1v) is 24.8. The average Bonchev–Trinajstić information content (AvgIpc) is 3.88. The van der Waals surface area contributed by atoms with Gasteiger partial charge in [0.25, 0.3) is 0 Å². The zero-order valence-electron chi connectivity index (χ0n) is 47.0. The van der Waals surface area contributed by atoms with Gasteiger partial charge >= 0.3 is 18.3 Å². The fourth-order valence-electron chi connectivity index (χ4n) is 6.25. The Hall–Kier alpha value is -8.15. The van der Waals surface area contributed by atoms with Gasteiger partial charge in [-0.2, -0.15) is 5.26 Å². The first kappa shape index (κ1) is 65.0. The van der Waals surface area contributed by atoms with Crippen LogP contribution in [-0.4, -0.2) is 132 Å². The number of methoxy groups -OCH3 is 3. The topological polar surface area (TPSA) is 258 Å². The van der Waals surface area contributed by atoms with E-state index in [2.05, 4.69) is 21.1 Å². The van der Waals surface area contributed by atoms with E-state index >= 15 is 0 Å². The van der Waals surface area contributed by atoms with Crippen LogP contribution in [0.25, 0.3) is 11.3 Å². The summed E-state index contributed by atoms with van der Waals surface area (Å²) in [6, 6.07) is 19.3. The number of hydrogen-bond donors (Lipinski definition) is 3. The Kier molecular flexibility index (Phi) is 27.8. The molecule has 4 aromatic rings. The van der Waals surface area contributed by atoms with Gasteiger partial charge in [0.05, 0.1) is 59.8 Å². The highest BCUT2D eigenvalue weighted by atomic mass is 16.6. The molecular formula is C56H78N6O15. The summed E-state index contributed by atoms with van der Waals surface area (Å²) in [5, 5.41) is 20.4. The van der Waals surface area contributed by atoms with Gasteiger partial charge in [0.1, 0.15) is 68.0 Å². The number of alkyl carbamates (subject to hydrolysis) is 3. The maximum absolute atomic E-state index is 12.5. The molecule has 3 aromatic carbocycles. The fourth-order valence-corrected chi connectivity index (χ4v) is 6.25. The molecule has 0 fully saturated rings. The molecule has 0 radical (unpaired) electrons. The largest absolute Gasteiger partial charge is 0.496 e. The molecule has 77 heavy (non-hydrogen) atoms. The van der Waals surface area contributed by atoms with Gasteiger partial charge in [-0.15, -0.1) is 0 Å². The first-order chi connectivity index (χ1) is 36.3. The molecule has 0 saturated carbocycles. The van der Waals surface area contributed by atoms with Crippen LogP contribution in [0.2, 0.25) is 0 Å². The molecular weight excluding hydrogens is 997 g/mol. The van der Waals surface area contributed by atoms with Gasteiger partial charge in [-0.3, -0.25) is 9.59 Å². The van der Waals surface area contributed by atoms with E-state index in [1.807, 2.05) is 79.9 Å². The van der Waals surface area contributed by atoms with Crippen LogP contribution in [0.4, 0.5) is 14.4 Å². The Morgan fingerprint density at radius 2 is 0.974 bits per heavy atom. The summed E-state index contributed by atoms with van der Waals surface area (Å²) in [4.78, 5) is 61.1. The van der Waals surface area contributed by atoms with Crippen molar-refractivity contribution in [3.05, 3.63) is 90.3 Å². The summed E-state index contributed by atoms with van der Waals surface area (Å²) < 4.78 is 53.7. The summed E-state index contributed by atoms with van der Waals surface area (Å²) >= 11 is 0. The highest BCUT2D eigenvalue weighted by Crippen LogP contribution is 2.38. The average molecular weight is 1080 g/mol. The van der Waals surface area contributed by atoms with Gasteiger partial charge in [0, 0.05) is 52.1 Å². The Labute approximate surface area is 452 Å². The second kappa shape index (κ2) is 33.0. The molecule has 1 aromatic heterocycles. The van der Waals surface area contributed by atoms with E-state index in [9.17, 15) is 24.0 Å². The standard InChI is InChI=1S/C20H30N2O5.2C18H24N2O5/c1-20(2,3)27-19(24)21-12-8-14-26-17-10-7-9-16(25-6)18(17)15(23)11-13-22(4)5;1-18(2,3)24-17(21)19-10-6-12-23-14-8-5-7-13(22-4)16(14)15-9-11-20-25-15;1-18(2,3)25-17(22)20-11-6-12-24-15-8-5-7-14(23-4)16(15)13(21)9-10-19/h7,9-11,13H,8,12,14H2,1-6H3,(H,21,24);5,7-9,11H,6,10,12H2,1-4H3,(H,19,21);5,7-8H,6,9,11-12H2,1-4H3,(H,20,22)/b13-11+;;. The van der Waals surface area contributed by atoms with Gasteiger partial charge in [-0.1, -0.05) is 23.4 Å². The number of Topliss-reactive ketones (excluding diaryl/α,β-unsaturated/α-hetero) is 1. The van der Waals surface area contributed by atoms with Gasteiger partial charge in [0.2, 0.25) is 0 Å². The molecule has 0 unspecified atom stereocenters. The number of amides is 3. The molecule has 0 aliphatic rings. The monoisotopic (exact) mass is 1070 g/mol. The number of carbonyl (C=O) groups excluding carboxylic acids is 5. The Balaban J connectivity index is 0.000000395. The van der Waals surface area contributed by atoms with Crippen LogP contribution in [0.5, 0.6) is 34.5 Å². The minimum atomic E-state index is -0.544. The van der Waals surface area contributed by atoms with Crippen LogP contribution in [0.15, 0.2) is 83.7 Å². The Bertz CT molecular complexity index is 2540. The summed E-state index contributed by atoms with van der Waals surface area (Å²) in [6.45, 7) is 18.5. The molecule has 422 valence electrons. The van der Waals surface area contributed by atoms with E-state index in [1.54, 1.807) is 87.6 Å². The van der Waals surface area contributed by atoms with Gasteiger partial charge in [-0.25, -0.2) is 14.4 Å². The zero-order chi connectivity index (χ0) is 57.6. The van der Waals surface area contributed by atoms with Crippen LogP contribution >= 0.6 is 0 Å².